The maximum atomic E-state index is 12.3. The number of carbonyl (C=O) groups is 2. The van der Waals surface area contributed by atoms with E-state index in [1.165, 1.54) is 0 Å². The van der Waals surface area contributed by atoms with Crippen molar-refractivity contribution in [3.05, 3.63) is 58.3 Å². The second kappa shape index (κ2) is 6.98. The molecule has 114 valence electrons. The quantitative estimate of drug-likeness (QED) is 0.915. The Morgan fingerprint density at radius 2 is 2.05 bits per heavy atom. The zero-order chi connectivity index (χ0) is 15.4. The lowest BCUT2D eigenvalue weighted by molar-refractivity contribution is -0.132. The Balaban J connectivity index is 1.73. The van der Waals surface area contributed by atoms with Crippen LogP contribution >= 0.6 is 23.1 Å². The lowest BCUT2D eigenvalue weighted by atomic mass is 10.1. The molecule has 1 aliphatic rings. The predicted octanol–water partition coefficient (Wildman–Crippen LogP) is 2.49. The summed E-state index contributed by atoms with van der Waals surface area (Å²) >= 11 is 3.16. The number of hydrogen-bond donors (Lipinski definition) is 1. The highest BCUT2D eigenvalue weighted by Crippen LogP contribution is 2.26. The molecule has 2 heterocycles. The van der Waals surface area contributed by atoms with Gasteiger partial charge in [0.1, 0.15) is 6.54 Å². The van der Waals surface area contributed by atoms with Crippen molar-refractivity contribution >= 4 is 34.9 Å². The summed E-state index contributed by atoms with van der Waals surface area (Å²) in [7, 11) is 0. The van der Waals surface area contributed by atoms with Gasteiger partial charge in [-0.2, -0.15) is 0 Å². The van der Waals surface area contributed by atoms with Gasteiger partial charge in [-0.25, -0.2) is 0 Å². The van der Waals surface area contributed by atoms with Crippen molar-refractivity contribution in [2.24, 2.45) is 0 Å². The SMILES string of the molecule is O=C(CN1CSCC1=O)N[C@@H](c1ccccc1)c1cccs1. The number of thiophene rings is 1. The molecule has 6 heteroatoms. The monoisotopic (exact) mass is 332 g/mol. The molecule has 1 aliphatic heterocycles. The minimum Gasteiger partial charge on any atom is -0.343 e. The van der Waals surface area contributed by atoms with Crippen LogP contribution in [-0.4, -0.2) is 34.9 Å². The van der Waals surface area contributed by atoms with Crippen LogP contribution in [0.4, 0.5) is 0 Å². The van der Waals surface area contributed by atoms with Crippen molar-refractivity contribution in [1.29, 1.82) is 0 Å². The first-order valence-electron chi connectivity index (χ1n) is 6.97. The van der Waals surface area contributed by atoms with E-state index in [0.717, 1.165) is 10.4 Å². The molecule has 1 atom stereocenters. The van der Waals surface area contributed by atoms with Crippen molar-refractivity contribution in [2.75, 3.05) is 18.2 Å². The van der Waals surface area contributed by atoms with Crippen LogP contribution in [0.1, 0.15) is 16.5 Å². The van der Waals surface area contributed by atoms with E-state index < -0.39 is 0 Å². The summed E-state index contributed by atoms with van der Waals surface area (Å²) in [6, 6.07) is 13.7. The van der Waals surface area contributed by atoms with Crippen LogP contribution in [0.5, 0.6) is 0 Å². The molecular formula is C16H16N2O2S2. The molecule has 2 amide bonds. The van der Waals surface area contributed by atoms with Crippen molar-refractivity contribution in [3.8, 4) is 0 Å². The average Bonchev–Trinajstić information content (AvgIpc) is 3.18. The Morgan fingerprint density at radius 1 is 1.23 bits per heavy atom. The molecule has 1 aromatic carbocycles. The fraction of sp³-hybridized carbons (Fsp3) is 0.250. The predicted molar refractivity (Wildman–Crippen MR) is 89.8 cm³/mol. The van der Waals surface area contributed by atoms with E-state index in [4.69, 9.17) is 0 Å². The number of nitrogens with one attached hydrogen (secondary N) is 1. The number of amides is 2. The number of thioether (sulfide) groups is 1. The zero-order valence-corrected chi connectivity index (χ0v) is 13.5. The number of rotatable bonds is 5. The molecule has 0 aliphatic carbocycles. The first-order valence-corrected chi connectivity index (χ1v) is 9.00. The third-order valence-corrected chi connectivity index (χ3v) is 5.31. The molecule has 4 nitrogen and oxygen atoms in total. The number of hydrogen-bond acceptors (Lipinski definition) is 4. The maximum absolute atomic E-state index is 12.3. The topological polar surface area (TPSA) is 49.4 Å². The van der Waals surface area contributed by atoms with Crippen LogP contribution < -0.4 is 5.32 Å². The van der Waals surface area contributed by atoms with Gasteiger partial charge in [0.05, 0.1) is 17.7 Å². The summed E-state index contributed by atoms with van der Waals surface area (Å²) in [6.45, 7) is 0.126. The van der Waals surface area contributed by atoms with Gasteiger partial charge in [0.25, 0.3) is 0 Å². The number of carbonyl (C=O) groups excluding carboxylic acids is 2. The van der Waals surface area contributed by atoms with Gasteiger partial charge >= 0.3 is 0 Å². The molecule has 1 saturated heterocycles. The standard InChI is InChI=1S/C16H16N2O2S2/c19-14(9-18-11-21-10-15(18)20)17-16(13-7-4-8-22-13)12-5-2-1-3-6-12/h1-8,16H,9-11H2,(H,17,19)/t16-/m0/s1. The highest BCUT2D eigenvalue weighted by Gasteiger charge is 2.25. The first kappa shape index (κ1) is 15.1. The van der Waals surface area contributed by atoms with Crippen LogP contribution in [0.2, 0.25) is 0 Å². The minimum absolute atomic E-state index is 0.0348. The Bertz CT molecular complexity index is 643. The molecule has 0 unspecified atom stereocenters. The van der Waals surface area contributed by atoms with Crippen LogP contribution in [0.3, 0.4) is 0 Å². The maximum Gasteiger partial charge on any atom is 0.240 e. The van der Waals surface area contributed by atoms with Gasteiger partial charge in [0.2, 0.25) is 11.8 Å². The van der Waals surface area contributed by atoms with E-state index in [9.17, 15) is 9.59 Å². The largest absolute Gasteiger partial charge is 0.343 e. The minimum atomic E-state index is -0.168. The van der Waals surface area contributed by atoms with Crippen molar-refractivity contribution in [1.82, 2.24) is 10.2 Å². The fourth-order valence-corrected chi connectivity index (χ4v) is 4.05. The summed E-state index contributed by atoms with van der Waals surface area (Å²) in [5.41, 5.74) is 1.04. The molecule has 0 saturated carbocycles. The molecule has 1 N–H and O–H groups in total. The van der Waals surface area contributed by atoms with E-state index in [0.29, 0.717) is 11.6 Å². The molecule has 3 rings (SSSR count). The second-order valence-corrected chi connectivity index (χ2v) is 6.93. The van der Waals surface area contributed by atoms with Gasteiger partial charge in [-0.15, -0.1) is 23.1 Å². The number of benzene rings is 1. The normalized spacial score (nSPS) is 15.8. The summed E-state index contributed by atoms with van der Waals surface area (Å²) in [5.74, 6) is 0.979. The van der Waals surface area contributed by atoms with Gasteiger partial charge < -0.3 is 10.2 Å². The smallest absolute Gasteiger partial charge is 0.240 e. The molecule has 0 radical (unpaired) electrons. The third-order valence-electron chi connectivity index (χ3n) is 3.43. The van der Waals surface area contributed by atoms with E-state index in [1.54, 1.807) is 28.0 Å². The van der Waals surface area contributed by atoms with Gasteiger partial charge in [0.15, 0.2) is 0 Å². The third kappa shape index (κ3) is 3.51. The second-order valence-electron chi connectivity index (χ2n) is 5.00. The Kier molecular flexibility index (Phi) is 4.80. The van der Waals surface area contributed by atoms with Gasteiger partial charge in [0, 0.05) is 4.88 Å². The highest BCUT2D eigenvalue weighted by atomic mass is 32.2. The summed E-state index contributed by atoms with van der Waals surface area (Å²) < 4.78 is 0. The van der Waals surface area contributed by atoms with Crippen molar-refractivity contribution in [2.45, 2.75) is 6.04 Å². The lowest BCUT2D eigenvalue weighted by Crippen LogP contribution is -2.39. The van der Waals surface area contributed by atoms with Crippen LogP contribution in [0.15, 0.2) is 47.8 Å². The summed E-state index contributed by atoms with van der Waals surface area (Å²) in [5, 5.41) is 5.05. The van der Waals surface area contributed by atoms with Crippen LogP contribution in [-0.2, 0) is 9.59 Å². The van der Waals surface area contributed by atoms with Crippen LogP contribution in [0.25, 0.3) is 0 Å². The van der Waals surface area contributed by atoms with E-state index in [1.807, 2.05) is 47.8 Å². The van der Waals surface area contributed by atoms with Crippen LogP contribution in [0, 0.1) is 0 Å². The molecular weight excluding hydrogens is 316 g/mol. The van der Waals surface area contributed by atoms with Gasteiger partial charge in [-0.3, -0.25) is 9.59 Å². The van der Waals surface area contributed by atoms with E-state index >= 15 is 0 Å². The zero-order valence-electron chi connectivity index (χ0n) is 11.9. The summed E-state index contributed by atoms with van der Waals surface area (Å²) in [6.07, 6.45) is 0. The Hall–Kier alpha value is -1.79. The molecule has 1 aromatic heterocycles. The molecule has 22 heavy (non-hydrogen) atoms. The Labute approximate surface area is 137 Å². The fourth-order valence-electron chi connectivity index (χ4n) is 2.34. The lowest BCUT2D eigenvalue weighted by Gasteiger charge is -2.20. The molecule has 1 fully saturated rings. The van der Waals surface area contributed by atoms with Crippen molar-refractivity contribution < 1.29 is 9.59 Å². The van der Waals surface area contributed by atoms with Gasteiger partial charge in [-0.05, 0) is 17.0 Å². The molecule has 0 spiro atoms. The average molecular weight is 332 g/mol. The summed E-state index contributed by atoms with van der Waals surface area (Å²) in [4.78, 5) is 26.6. The van der Waals surface area contributed by atoms with Crippen molar-refractivity contribution in [3.63, 3.8) is 0 Å². The molecule has 0 bridgehead atoms. The van der Waals surface area contributed by atoms with E-state index in [2.05, 4.69) is 5.32 Å². The van der Waals surface area contributed by atoms with E-state index in [-0.39, 0.29) is 24.4 Å². The highest BCUT2D eigenvalue weighted by molar-refractivity contribution is 8.00. The number of nitrogens with zero attached hydrogens (tertiary/aromatic N) is 1. The Morgan fingerprint density at radius 3 is 2.68 bits per heavy atom. The van der Waals surface area contributed by atoms with Gasteiger partial charge in [-0.1, -0.05) is 36.4 Å². The molecule has 2 aromatic rings. The first-order chi connectivity index (χ1) is 10.7.